The number of aromatic nitrogens is 3. The molecule has 2 aromatic rings. The van der Waals surface area contributed by atoms with Crippen LogP contribution in [-0.4, -0.2) is 39.4 Å². The molecule has 0 aliphatic heterocycles. The Hall–Kier alpha value is -2.65. The lowest BCUT2D eigenvalue weighted by molar-refractivity contribution is -0.112. The summed E-state index contributed by atoms with van der Waals surface area (Å²) in [5.41, 5.74) is 5.30. The predicted octanol–water partition coefficient (Wildman–Crippen LogP) is 5.23. The van der Waals surface area contributed by atoms with Gasteiger partial charge in [0.05, 0.1) is 11.7 Å². The fourth-order valence-electron chi connectivity index (χ4n) is 3.13. The molecule has 0 spiro atoms. The number of amides is 1. The molecule has 1 saturated carbocycles. The average molecular weight is 468 g/mol. The summed E-state index contributed by atoms with van der Waals surface area (Å²) in [4.78, 5) is 15.9. The Bertz CT molecular complexity index is 863. The quantitative estimate of drug-likeness (QED) is 0.422. The highest BCUT2D eigenvalue weighted by Crippen LogP contribution is 2.33. The predicted molar refractivity (Wildman–Crippen MR) is 130 cm³/mol. The summed E-state index contributed by atoms with van der Waals surface area (Å²) in [5.74, 6) is -1.79. The van der Waals surface area contributed by atoms with Crippen molar-refractivity contribution in [2.75, 3.05) is 19.0 Å². The largest absolute Gasteiger partial charge is 0.397 e. The van der Waals surface area contributed by atoms with Crippen LogP contribution >= 0.6 is 0 Å². The number of allylic oxidation sites excluding steroid dienone is 1. The van der Waals surface area contributed by atoms with Gasteiger partial charge in [0, 0.05) is 18.4 Å². The Morgan fingerprint density at radius 1 is 1.21 bits per heavy atom. The smallest absolute Gasteiger partial charge is 0.251 e. The van der Waals surface area contributed by atoms with Crippen LogP contribution in [0.3, 0.4) is 0 Å². The number of carbonyl (C=O) groups is 1. The van der Waals surface area contributed by atoms with E-state index in [1.54, 1.807) is 37.7 Å². The van der Waals surface area contributed by atoms with Crippen molar-refractivity contribution in [1.29, 1.82) is 0 Å². The van der Waals surface area contributed by atoms with Crippen molar-refractivity contribution in [3.63, 3.8) is 0 Å². The number of hydrogen-bond acceptors (Lipinski definition) is 5. The lowest BCUT2D eigenvalue weighted by atomic mass is 9.96. The summed E-state index contributed by atoms with van der Waals surface area (Å²) in [5, 5.41) is 14.8. The van der Waals surface area contributed by atoms with E-state index in [1.165, 1.54) is 13.5 Å². The molecule has 1 aliphatic carbocycles. The standard InChI is InChI=1S/C19H22F2N4O.C2H6O.C2H6.CH5N/c1-3-12(2)19(26)22-15-11-25(13-7-5-4-6-8-13)24-18(15)17-14(20)9-10-16(21)23-17;1-2-3;2*1-2/h3,9-11,13H,4-8H2,1-2H3,(H,22,26);3H,2H2,1H3;1-2H3;2H2,1H3/b12-3+;;;. The van der Waals surface area contributed by atoms with Gasteiger partial charge in [0.15, 0.2) is 5.82 Å². The number of nitrogens with two attached hydrogens (primary N) is 1. The van der Waals surface area contributed by atoms with E-state index in [0.29, 0.717) is 11.3 Å². The normalized spacial score (nSPS) is 13.5. The Labute approximate surface area is 196 Å². The monoisotopic (exact) mass is 467 g/mol. The van der Waals surface area contributed by atoms with Crippen molar-refractivity contribution in [3.8, 4) is 11.4 Å². The van der Waals surface area contributed by atoms with Crippen LogP contribution < -0.4 is 11.1 Å². The van der Waals surface area contributed by atoms with Gasteiger partial charge in [-0.25, -0.2) is 9.37 Å². The van der Waals surface area contributed by atoms with E-state index < -0.39 is 11.8 Å². The second-order valence-corrected chi connectivity index (χ2v) is 6.87. The minimum atomic E-state index is -0.796. The Morgan fingerprint density at radius 3 is 2.33 bits per heavy atom. The van der Waals surface area contributed by atoms with E-state index in [2.05, 4.69) is 21.1 Å². The Balaban J connectivity index is 0.00000132. The van der Waals surface area contributed by atoms with Crippen molar-refractivity contribution in [1.82, 2.24) is 14.8 Å². The molecule has 1 fully saturated rings. The highest BCUT2D eigenvalue weighted by molar-refractivity contribution is 6.04. The second-order valence-electron chi connectivity index (χ2n) is 6.87. The molecule has 0 saturated heterocycles. The van der Waals surface area contributed by atoms with Gasteiger partial charge in [-0.1, -0.05) is 39.2 Å². The molecule has 33 heavy (non-hydrogen) atoms. The van der Waals surface area contributed by atoms with Crippen molar-refractivity contribution < 1.29 is 18.7 Å². The first-order valence-corrected chi connectivity index (χ1v) is 11.5. The zero-order chi connectivity index (χ0) is 25.4. The van der Waals surface area contributed by atoms with Gasteiger partial charge in [-0.3, -0.25) is 9.48 Å². The molecule has 9 heteroatoms. The molecule has 1 amide bonds. The number of nitrogens with one attached hydrogen (secondary N) is 1. The van der Waals surface area contributed by atoms with Crippen LogP contribution in [0.1, 0.15) is 72.8 Å². The fraction of sp³-hybridized carbons (Fsp3) is 0.542. The van der Waals surface area contributed by atoms with Gasteiger partial charge in [0.25, 0.3) is 5.91 Å². The number of hydrogen-bond donors (Lipinski definition) is 3. The third-order valence-corrected chi connectivity index (χ3v) is 4.76. The molecule has 0 unspecified atom stereocenters. The molecule has 3 rings (SSSR count). The molecule has 2 aromatic heterocycles. The molecule has 2 heterocycles. The van der Waals surface area contributed by atoms with Gasteiger partial charge in [0.2, 0.25) is 5.95 Å². The molecule has 0 aromatic carbocycles. The van der Waals surface area contributed by atoms with Gasteiger partial charge in [-0.05, 0) is 52.8 Å². The number of rotatable bonds is 4. The molecule has 0 radical (unpaired) electrons. The van der Waals surface area contributed by atoms with E-state index in [0.717, 1.165) is 37.8 Å². The van der Waals surface area contributed by atoms with E-state index in [4.69, 9.17) is 5.11 Å². The molecule has 0 atom stereocenters. The van der Waals surface area contributed by atoms with E-state index in [1.807, 2.05) is 13.8 Å². The maximum atomic E-state index is 14.2. The topological polar surface area (TPSA) is 106 Å². The lowest BCUT2D eigenvalue weighted by Gasteiger charge is -2.21. The summed E-state index contributed by atoms with van der Waals surface area (Å²) in [6, 6.07) is 2.16. The first-order valence-electron chi connectivity index (χ1n) is 11.5. The number of anilines is 1. The van der Waals surface area contributed by atoms with Crippen LogP contribution in [0.5, 0.6) is 0 Å². The zero-order valence-corrected chi connectivity index (χ0v) is 20.7. The van der Waals surface area contributed by atoms with Crippen molar-refractivity contribution in [2.24, 2.45) is 5.73 Å². The third kappa shape index (κ3) is 9.39. The highest BCUT2D eigenvalue weighted by Gasteiger charge is 2.23. The van der Waals surface area contributed by atoms with Crippen molar-refractivity contribution in [3.05, 3.63) is 41.7 Å². The van der Waals surface area contributed by atoms with E-state index in [-0.39, 0.29) is 29.9 Å². The van der Waals surface area contributed by atoms with Crippen molar-refractivity contribution >= 4 is 11.6 Å². The maximum absolute atomic E-state index is 14.2. The van der Waals surface area contributed by atoms with Crippen LogP contribution in [0.2, 0.25) is 0 Å². The third-order valence-electron chi connectivity index (χ3n) is 4.76. The molecule has 4 N–H and O–H groups in total. The minimum Gasteiger partial charge on any atom is -0.397 e. The second kappa shape index (κ2) is 16.9. The number of halogens is 2. The first kappa shape index (κ1) is 30.4. The summed E-state index contributed by atoms with van der Waals surface area (Å²) in [6.45, 7) is 9.37. The van der Waals surface area contributed by atoms with Gasteiger partial charge in [0.1, 0.15) is 11.4 Å². The SMILES string of the molecule is C/C=C(\C)C(=O)Nc1cn(C2CCCCC2)nc1-c1nc(F)ccc1F.CC.CCO.CN. The number of nitrogens with zero attached hydrogens (tertiary/aromatic N) is 3. The van der Waals surface area contributed by atoms with Gasteiger partial charge in [-0.2, -0.15) is 9.49 Å². The highest BCUT2D eigenvalue weighted by atomic mass is 19.1. The Morgan fingerprint density at radius 2 is 1.79 bits per heavy atom. The molecule has 186 valence electrons. The van der Waals surface area contributed by atoms with Gasteiger partial charge < -0.3 is 16.2 Å². The molecule has 0 bridgehead atoms. The van der Waals surface area contributed by atoms with Gasteiger partial charge >= 0.3 is 0 Å². The van der Waals surface area contributed by atoms with Crippen LogP contribution in [0.15, 0.2) is 30.0 Å². The van der Waals surface area contributed by atoms with E-state index >= 15 is 0 Å². The number of aliphatic hydroxyl groups excluding tert-OH is 1. The number of pyridine rings is 1. The summed E-state index contributed by atoms with van der Waals surface area (Å²) < 4.78 is 29.6. The lowest BCUT2D eigenvalue weighted by Crippen LogP contribution is -2.14. The summed E-state index contributed by atoms with van der Waals surface area (Å²) in [6.07, 6.45) is 8.72. The molecular weight excluding hydrogens is 428 g/mol. The van der Waals surface area contributed by atoms with Crippen LogP contribution in [0, 0.1) is 11.8 Å². The Kier molecular flexibility index (Phi) is 15.6. The van der Waals surface area contributed by atoms with Crippen LogP contribution in [-0.2, 0) is 4.79 Å². The summed E-state index contributed by atoms with van der Waals surface area (Å²) in [7, 11) is 1.50. The zero-order valence-electron chi connectivity index (χ0n) is 20.7. The van der Waals surface area contributed by atoms with E-state index in [9.17, 15) is 13.6 Å². The van der Waals surface area contributed by atoms with Crippen molar-refractivity contribution in [2.45, 2.75) is 72.8 Å². The number of carbonyl (C=O) groups excluding carboxylic acids is 1. The molecular formula is C24H39F2N5O2. The first-order chi connectivity index (χ1) is 15.9. The average Bonchev–Trinajstić information content (AvgIpc) is 3.27. The number of aliphatic hydroxyl groups is 1. The van der Waals surface area contributed by atoms with Crippen LogP contribution in [0.4, 0.5) is 14.5 Å². The molecule has 1 aliphatic rings. The maximum Gasteiger partial charge on any atom is 0.251 e. The van der Waals surface area contributed by atoms with Crippen LogP contribution in [0.25, 0.3) is 11.4 Å². The van der Waals surface area contributed by atoms with Gasteiger partial charge in [-0.15, -0.1) is 0 Å². The summed E-state index contributed by atoms with van der Waals surface area (Å²) >= 11 is 0. The molecule has 7 nitrogen and oxygen atoms in total. The fourth-order valence-corrected chi connectivity index (χ4v) is 3.13. The minimum absolute atomic E-state index is 0.143.